The Morgan fingerprint density at radius 3 is 1.76 bits per heavy atom. The van der Waals surface area contributed by atoms with E-state index in [0.717, 1.165) is 18.6 Å². The summed E-state index contributed by atoms with van der Waals surface area (Å²) in [6.07, 6.45) is 23.8. The van der Waals surface area contributed by atoms with E-state index in [1.165, 1.54) is 96.3 Å². The molecule has 1 atom stereocenters. The second-order valence-corrected chi connectivity index (χ2v) is 11.9. The summed E-state index contributed by atoms with van der Waals surface area (Å²) in [7, 11) is -4.09. The third-order valence-electron chi connectivity index (χ3n) is 7.06. The second-order valence-electron chi connectivity index (χ2n) is 10.4. The van der Waals surface area contributed by atoms with Crippen molar-refractivity contribution in [2.24, 2.45) is 0 Å². The topological polar surface area (TPSA) is 66.8 Å². The minimum atomic E-state index is -4.09. The van der Waals surface area contributed by atoms with Gasteiger partial charge in [0.2, 0.25) is 0 Å². The highest BCUT2D eigenvalue weighted by molar-refractivity contribution is 7.85. The SMILES string of the molecule is C=CN(CCOCCCCCCCCCCCCCCCCCC)C(Cc1ccccc1)CS(=O)(=O)O. The molecular weight excluding hydrogens is 482 g/mol. The molecule has 5 nitrogen and oxygen atoms in total. The van der Waals surface area contributed by atoms with Gasteiger partial charge in [0, 0.05) is 19.2 Å². The molecule has 1 aromatic carbocycles. The van der Waals surface area contributed by atoms with Gasteiger partial charge in [0.1, 0.15) is 0 Å². The van der Waals surface area contributed by atoms with Crippen molar-refractivity contribution in [3.63, 3.8) is 0 Å². The molecule has 0 aliphatic rings. The van der Waals surface area contributed by atoms with E-state index in [1.807, 2.05) is 35.2 Å². The molecule has 1 unspecified atom stereocenters. The van der Waals surface area contributed by atoms with Crippen LogP contribution in [0.4, 0.5) is 0 Å². The average molecular weight is 538 g/mol. The lowest BCUT2D eigenvalue weighted by Gasteiger charge is -2.29. The average Bonchev–Trinajstić information content (AvgIpc) is 2.87. The molecule has 0 aliphatic heterocycles. The zero-order valence-electron chi connectivity index (χ0n) is 23.6. The predicted molar refractivity (Wildman–Crippen MR) is 158 cm³/mol. The summed E-state index contributed by atoms with van der Waals surface area (Å²) in [4.78, 5) is 1.87. The van der Waals surface area contributed by atoms with Crippen LogP contribution < -0.4 is 0 Å². The smallest absolute Gasteiger partial charge is 0.266 e. The highest BCUT2D eigenvalue weighted by Gasteiger charge is 2.22. The first kappa shape index (κ1) is 33.7. The van der Waals surface area contributed by atoms with E-state index in [2.05, 4.69) is 13.5 Å². The highest BCUT2D eigenvalue weighted by Crippen LogP contribution is 2.14. The molecule has 214 valence electrons. The highest BCUT2D eigenvalue weighted by atomic mass is 32.2. The number of unbranched alkanes of at least 4 members (excludes halogenated alkanes) is 15. The second kappa shape index (κ2) is 22.6. The zero-order chi connectivity index (χ0) is 27.0. The quantitative estimate of drug-likeness (QED) is 0.0952. The van der Waals surface area contributed by atoms with Crippen LogP contribution in [0.2, 0.25) is 0 Å². The Labute approximate surface area is 228 Å². The molecule has 0 spiro atoms. The number of rotatable bonds is 26. The van der Waals surface area contributed by atoms with E-state index in [4.69, 9.17) is 4.74 Å². The van der Waals surface area contributed by atoms with Crippen molar-refractivity contribution in [1.29, 1.82) is 0 Å². The lowest BCUT2D eigenvalue weighted by Crippen LogP contribution is -2.40. The Kier molecular flexibility index (Phi) is 20.6. The lowest BCUT2D eigenvalue weighted by molar-refractivity contribution is 0.105. The largest absolute Gasteiger partial charge is 0.380 e. The minimum Gasteiger partial charge on any atom is -0.380 e. The van der Waals surface area contributed by atoms with Gasteiger partial charge in [-0.3, -0.25) is 4.55 Å². The van der Waals surface area contributed by atoms with E-state index in [0.29, 0.717) is 19.6 Å². The maximum Gasteiger partial charge on any atom is 0.266 e. The first-order chi connectivity index (χ1) is 18.0. The molecule has 0 fully saturated rings. The Morgan fingerprint density at radius 1 is 0.811 bits per heavy atom. The number of benzene rings is 1. The van der Waals surface area contributed by atoms with E-state index in [-0.39, 0.29) is 11.8 Å². The van der Waals surface area contributed by atoms with Crippen LogP contribution in [0, 0.1) is 0 Å². The first-order valence-electron chi connectivity index (χ1n) is 14.9. The van der Waals surface area contributed by atoms with Crippen molar-refractivity contribution >= 4 is 10.1 Å². The third kappa shape index (κ3) is 20.3. The van der Waals surface area contributed by atoms with Gasteiger partial charge in [0.25, 0.3) is 10.1 Å². The van der Waals surface area contributed by atoms with Crippen molar-refractivity contribution < 1.29 is 17.7 Å². The molecule has 0 saturated carbocycles. The maximum absolute atomic E-state index is 11.6. The summed E-state index contributed by atoms with van der Waals surface area (Å²) >= 11 is 0. The van der Waals surface area contributed by atoms with Crippen molar-refractivity contribution in [2.45, 2.75) is 122 Å². The van der Waals surface area contributed by atoms with E-state index >= 15 is 0 Å². The number of ether oxygens (including phenoxy) is 1. The molecule has 37 heavy (non-hydrogen) atoms. The van der Waals surface area contributed by atoms with Crippen LogP contribution in [0.25, 0.3) is 0 Å². The minimum absolute atomic E-state index is 0.326. The van der Waals surface area contributed by atoms with Crippen molar-refractivity contribution in [3.05, 3.63) is 48.7 Å². The van der Waals surface area contributed by atoms with Crippen molar-refractivity contribution in [1.82, 2.24) is 4.90 Å². The van der Waals surface area contributed by atoms with Crippen LogP contribution in [-0.4, -0.2) is 49.4 Å². The number of hydrogen-bond donors (Lipinski definition) is 1. The summed E-state index contributed by atoms with van der Waals surface area (Å²) in [5, 5.41) is 0. The third-order valence-corrected chi connectivity index (χ3v) is 7.86. The van der Waals surface area contributed by atoms with Crippen LogP contribution in [0.3, 0.4) is 0 Å². The van der Waals surface area contributed by atoms with Crippen molar-refractivity contribution in [2.75, 3.05) is 25.5 Å². The lowest BCUT2D eigenvalue weighted by atomic mass is 10.0. The zero-order valence-corrected chi connectivity index (χ0v) is 24.4. The van der Waals surface area contributed by atoms with Gasteiger partial charge in [0.15, 0.2) is 0 Å². The number of hydrogen-bond acceptors (Lipinski definition) is 4. The van der Waals surface area contributed by atoms with Crippen LogP contribution in [-0.2, 0) is 21.3 Å². The molecule has 1 aromatic rings. The fourth-order valence-electron chi connectivity index (χ4n) is 4.85. The molecule has 1 N–H and O–H groups in total. The molecule has 0 bridgehead atoms. The summed E-state index contributed by atoms with van der Waals surface area (Å²) in [5.41, 5.74) is 1.03. The van der Waals surface area contributed by atoms with Gasteiger partial charge < -0.3 is 9.64 Å². The molecule has 0 aromatic heterocycles. The van der Waals surface area contributed by atoms with Crippen LogP contribution in [0.15, 0.2) is 43.1 Å². The Hall–Kier alpha value is -1.37. The standard InChI is InChI=1S/C31H55NO4S/c1-3-5-6-7-8-9-10-11-12-13-14-15-16-17-18-22-26-36-27-25-32(4-2)31(29-37(33,34)35)28-30-23-20-19-21-24-30/h4,19-21,23-24,31H,2-3,5-18,22,25-29H2,1H3,(H,33,34,35). The van der Waals surface area contributed by atoms with Gasteiger partial charge in [-0.25, -0.2) is 0 Å². The van der Waals surface area contributed by atoms with Gasteiger partial charge in [-0.1, -0.05) is 140 Å². The summed E-state index contributed by atoms with van der Waals surface area (Å²) in [5.74, 6) is -0.326. The molecule has 6 heteroatoms. The maximum atomic E-state index is 11.6. The van der Waals surface area contributed by atoms with Crippen LogP contribution in [0.5, 0.6) is 0 Å². The monoisotopic (exact) mass is 537 g/mol. The molecule has 0 amide bonds. The molecule has 0 saturated heterocycles. The van der Waals surface area contributed by atoms with Gasteiger partial charge in [-0.05, 0) is 24.6 Å². The molecule has 0 radical (unpaired) electrons. The first-order valence-corrected chi connectivity index (χ1v) is 16.5. The molecule has 0 heterocycles. The van der Waals surface area contributed by atoms with E-state index < -0.39 is 10.1 Å². The van der Waals surface area contributed by atoms with Gasteiger partial charge in [0.05, 0.1) is 12.4 Å². The fourth-order valence-corrected chi connectivity index (χ4v) is 5.64. The normalized spacial score (nSPS) is 12.5. The number of nitrogens with zero attached hydrogens (tertiary/aromatic N) is 1. The van der Waals surface area contributed by atoms with E-state index in [9.17, 15) is 13.0 Å². The Bertz CT molecular complexity index is 754. The summed E-state index contributed by atoms with van der Waals surface area (Å²) in [6.45, 7) is 7.92. The Balaban J connectivity index is 2.03. The van der Waals surface area contributed by atoms with E-state index in [1.54, 1.807) is 6.20 Å². The van der Waals surface area contributed by atoms with Crippen LogP contribution in [0.1, 0.15) is 115 Å². The summed E-state index contributed by atoms with van der Waals surface area (Å²) in [6, 6.07) is 9.34. The molecule has 1 rings (SSSR count). The van der Waals surface area contributed by atoms with Gasteiger partial charge >= 0.3 is 0 Å². The van der Waals surface area contributed by atoms with Crippen molar-refractivity contribution in [3.8, 4) is 0 Å². The van der Waals surface area contributed by atoms with Crippen LogP contribution >= 0.6 is 0 Å². The molecule has 0 aliphatic carbocycles. The molecular formula is C31H55NO4S. The van der Waals surface area contributed by atoms with Gasteiger partial charge in [-0.15, -0.1) is 0 Å². The fraction of sp³-hybridized carbons (Fsp3) is 0.742. The summed E-state index contributed by atoms with van der Waals surface area (Å²) < 4.78 is 38.4. The predicted octanol–water partition coefficient (Wildman–Crippen LogP) is 8.21. The van der Waals surface area contributed by atoms with Gasteiger partial charge in [-0.2, -0.15) is 8.42 Å². The Morgan fingerprint density at radius 2 is 1.30 bits per heavy atom.